The number of hydrogen-bond acceptors (Lipinski definition) is 4. The van der Waals surface area contributed by atoms with Crippen LogP contribution in [0.15, 0.2) is 36.0 Å². The fourth-order valence-corrected chi connectivity index (χ4v) is 2.42. The van der Waals surface area contributed by atoms with Crippen molar-refractivity contribution < 1.29 is 5.11 Å². The number of thiophene rings is 1. The summed E-state index contributed by atoms with van der Waals surface area (Å²) in [6, 6.07) is 5.61. The van der Waals surface area contributed by atoms with Gasteiger partial charge in [-0.3, -0.25) is 4.98 Å². The maximum Gasteiger partial charge on any atom is 0.100 e. The van der Waals surface area contributed by atoms with Gasteiger partial charge < -0.3 is 10.8 Å². The molecule has 0 aliphatic heterocycles. The molecule has 3 N–H and O–H groups in total. The lowest BCUT2D eigenvalue weighted by Crippen LogP contribution is -2.23. The normalized spacial score (nSPS) is 14.6. The van der Waals surface area contributed by atoms with E-state index in [1.807, 2.05) is 17.5 Å². The summed E-state index contributed by atoms with van der Waals surface area (Å²) in [4.78, 5) is 4.96. The average molecular weight is 234 g/mol. The molecule has 4 heteroatoms. The van der Waals surface area contributed by atoms with Gasteiger partial charge in [-0.25, -0.2) is 0 Å². The van der Waals surface area contributed by atoms with E-state index < -0.39 is 5.60 Å². The number of anilines is 1. The van der Waals surface area contributed by atoms with E-state index in [9.17, 15) is 5.11 Å². The Morgan fingerprint density at radius 1 is 1.50 bits per heavy atom. The highest BCUT2D eigenvalue weighted by Crippen LogP contribution is 2.30. The predicted molar refractivity (Wildman–Crippen MR) is 66.2 cm³/mol. The van der Waals surface area contributed by atoms with Crippen LogP contribution in [0, 0.1) is 0 Å². The van der Waals surface area contributed by atoms with Crippen molar-refractivity contribution in [3.63, 3.8) is 0 Å². The number of rotatable bonds is 3. The van der Waals surface area contributed by atoms with Crippen LogP contribution in [0.3, 0.4) is 0 Å². The third-order valence-electron chi connectivity index (χ3n) is 2.53. The van der Waals surface area contributed by atoms with E-state index in [1.165, 1.54) is 0 Å². The molecule has 0 spiro atoms. The second-order valence-corrected chi connectivity index (χ2v) is 4.95. The zero-order chi connectivity index (χ0) is 11.6. The Morgan fingerprint density at radius 3 is 2.94 bits per heavy atom. The van der Waals surface area contributed by atoms with Crippen molar-refractivity contribution in [1.82, 2.24) is 4.98 Å². The monoisotopic (exact) mass is 234 g/mol. The molecule has 0 radical (unpaired) electrons. The first-order valence-electron chi connectivity index (χ1n) is 5.04. The molecule has 0 saturated heterocycles. The molecule has 2 aromatic heterocycles. The quantitative estimate of drug-likeness (QED) is 0.855. The van der Waals surface area contributed by atoms with Crippen molar-refractivity contribution in [1.29, 1.82) is 0 Å². The topological polar surface area (TPSA) is 59.1 Å². The molecule has 2 rings (SSSR count). The van der Waals surface area contributed by atoms with Gasteiger partial charge in [0.25, 0.3) is 0 Å². The molecule has 0 amide bonds. The van der Waals surface area contributed by atoms with Gasteiger partial charge >= 0.3 is 0 Å². The van der Waals surface area contributed by atoms with Gasteiger partial charge in [0.2, 0.25) is 0 Å². The summed E-state index contributed by atoms with van der Waals surface area (Å²) < 4.78 is 0. The van der Waals surface area contributed by atoms with Gasteiger partial charge in [0, 0.05) is 29.4 Å². The summed E-state index contributed by atoms with van der Waals surface area (Å²) in [5.41, 5.74) is 6.50. The van der Waals surface area contributed by atoms with Crippen molar-refractivity contribution in [3.8, 4) is 0 Å². The van der Waals surface area contributed by atoms with Crippen LogP contribution < -0.4 is 5.73 Å². The first kappa shape index (κ1) is 11.1. The number of aromatic nitrogens is 1. The van der Waals surface area contributed by atoms with Crippen molar-refractivity contribution >= 4 is 17.0 Å². The van der Waals surface area contributed by atoms with Crippen LogP contribution in [0.1, 0.15) is 17.4 Å². The van der Waals surface area contributed by atoms with E-state index in [1.54, 1.807) is 36.7 Å². The number of nitrogens with zero attached hydrogens (tertiary/aromatic N) is 1. The van der Waals surface area contributed by atoms with Crippen LogP contribution in [-0.2, 0) is 12.0 Å². The van der Waals surface area contributed by atoms with Gasteiger partial charge in [-0.15, -0.1) is 11.3 Å². The minimum Gasteiger partial charge on any atom is -0.398 e. The molecular weight excluding hydrogens is 220 g/mol. The van der Waals surface area contributed by atoms with Gasteiger partial charge in [0.1, 0.15) is 5.60 Å². The minimum absolute atomic E-state index is 0.479. The molecule has 84 valence electrons. The fraction of sp³-hybridized carbons (Fsp3) is 0.250. The van der Waals surface area contributed by atoms with Crippen molar-refractivity contribution in [2.24, 2.45) is 0 Å². The maximum atomic E-state index is 10.4. The van der Waals surface area contributed by atoms with Gasteiger partial charge in [-0.1, -0.05) is 6.07 Å². The Hall–Kier alpha value is -1.39. The highest BCUT2D eigenvalue weighted by atomic mass is 32.1. The SMILES string of the molecule is CC(O)(Cc1cnccc1N)c1cccs1. The van der Waals surface area contributed by atoms with Crippen LogP contribution >= 0.6 is 11.3 Å². The van der Waals surface area contributed by atoms with Crippen molar-refractivity contribution in [2.75, 3.05) is 5.73 Å². The third kappa shape index (κ3) is 2.23. The summed E-state index contributed by atoms with van der Waals surface area (Å²) in [5, 5.41) is 12.3. The van der Waals surface area contributed by atoms with Crippen LogP contribution in [0.2, 0.25) is 0 Å². The van der Waals surface area contributed by atoms with Crippen molar-refractivity contribution in [2.45, 2.75) is 18.9 Å². The lowest BCUT2D eigenvalue weighted by Gasteiger charge is -2.22. The number of aliphatic hydroxyl groups is 1. The molecular formula is C12H14N2OS. The summed E-state index contributed by atoms with van der Waals surface area (Å²) in [6.45, 7) is 1.80. The van der Waals surface area contributed by atoms with Crippen LogP contribution in [-0.4, -0.2) is 10.1 Å². The van der Waals surface area contributed by atoms with Gasteiger partial charge in [-0.05, 0) is 30.0 Å². The Labute approximate surface area is 98.6 Å². The molecule has 1 atom stereocenters. The highest BCUT2D eigenvalue weighted by Gasteiger charge is 2.25. The maximum absolute atomic E-state index is 10.4. The van der Waals surface area contributed by atoms with Gasteiger partial charge in [-0.2, -0.15) is 0 Å². The Balaban J connectivity index is 2.25. The molecule has 2 aromatic rings. The predicted octanol–water partition coefficient (Wildman–Crippen LogP) is 2.18. The van der Waals surface area contributed by atoms with E-state index in [2.05, 4.69) is 4.98 Å². The molecule has 0 fully saturated rings. The van der Waals surface area contributed by atoms with E-state index in [0.29, 0.717) is 12.1 Å². The number of nitrogen functional groups attached to an aromatic ring is 1. The second kappa shape index (κ2) is 4.23. The molecule has 0 bridgehead atoms. The lowest BCUT2D eigenvalue weighted by molar-refractivity contribution is 0.0616. The molecule has 3 nitrogen and oxygen atoms in total. The largest absolute Gasteiger partial charge is 0.398 e. The zero-order valence-electron chi connectivity index (χ0n) is 9.05. The van der Waals surface area contributed by atoms with E-state index in [4.69, 9.17) is 5.73 Å². The zero-order valence-corrected chi connectivity index (χ0v) is 9.87. The second-order valence-electron chi connectivity index (χ2n) is 4.00. The van der Waals surface area contributed by atoms with E-state index in [-0.39, 0.29) is 0 Å². The Bertz CT molecular complexity index is 466. The number of hydrogen-bond donors (Lipinski definition) is 2. The molecule has 0 aromatic carbocycles. The summed E-state index contributed by atoms with van der Waals surface area (Å²) in [5.74, 6) is 0. The van der Waals surface area contributed by atoms with E-state index in [0.717, 1.165) is 10.4 Å². The Kier molecular flexibility index (Phi) is 2.94. The average Bonchev–Trinajstić information content (AvgIpc) is 2.75. The Morgan fingerprint density at radius 2 is 2.31 bits per heavy atom. The minimum atomic E-state index is -0.884. The van der Waals surface area contributed by atoms with Crippen LogP contribution in [0.5, 0.6) is 0 Å². The third-order valence-corrected chi connectivity index (χ3v) is 3.65. The van der Waals surface area contributed by atoms with Crippen LogP contribution in [0.4, 0.5) is 5.69 Å². The fourth-order valence-electron chi connectivity index (χ4n) is 1.63. The molecule has 16 heavy (non-hydrogen) atoms. The van der Waals surface area contributed by atoms with Crippen molar-refractivity contribution in [3.05, 3.63) is 46.4 Å². The standard InChI is InChI=1S/C12H14N2OS/c1-12(15,11-3-2-6-16-11)7-9-8-14-5-4-10(9)13/h2-6,8,15H,7H2,1H3,(H2,13,14). The number of pyridine rings is 1. The summed E-state index contributed by atoms with van der Waals surface area (Å²) >= 11 is 1.54. The molecule has 2 heterocycles. The van der Waals surface area contributed by atoms with E-state index >= 15 is 0 Å². The summed E-state index contributed by atoms with van der Waals surface area (Å²) in [6.07, 6.45) is 3.84. The molecule has 1 unspecified atom stereocenters. The smallest absolute Gasteiger partial charge is 0.100 e. The van der Waals surface area contributed by atoms with Crippen LogP contribution in [0.25, 0.3) is 0 Å². The first-order valence-corrected chi connectivity index (χ1v) is 5.92. The molecule has 0 aliphatic carbocycles. The highest BCUT2D eigenvalue weighted by molar-refractivity contribution is 7.10. The van der Waals surface area contributed by atoms with Gasteiger partial charge in [0.15, 0.2) is 0 Å². The summed E-state index contributed by atoms with van der Waals surface area (Å²) in [7, 11) is 0. The molecule has 0 aliphatic rings. The van der Waals surface area contributed by atoms with Gasteiger partial charge in [0.05, 0.1) is 0 Å². The number of nitrogens with two attached hydrogens (primary N) is 1. The molecule has 0 saturated carbocycles. The lowest BCUT2D eigenvalue weighted by atomic mass is 9.95. The first-order chi connectivity index (χ1) is 7.59.